The number of pyridine rings is 1. The molecule has 3 aromatic rings. The maximum atomic E-state index is 12.7. The van der Waals surface area contributed by atoms with E-state index in [2.05, 4.69) is 10.3 Å². The molecule has 0 aliphatic heterocycles. The summed E-state index contributed by atoms with van der Waals surface area (Å²) in [6.45, 7) is 0. The van der Waals surface area contributed by atoms with Gasteiger partial charge in [0.15, 0.2) is 0 Å². The number of ether oxygens (including phenoxy) is 1. The van der Waals surface area contributed by atoms with E-state index in [0.717, 1.165) is 10.9 Å². The summed E-state index contributed by atoms with van der Waals surface area (Å²) in [6, 6.07) is 18.0. The van der Waals surface area contributed by atoms with Gasteiger partial charge in [-0.2, -0.15) is 0 Å². The Labute approximate surface area is 157 Å². The van der Waals surface area contributed by atoms with E-state index in [-0.39, 0.29) is 5.91 Å². The van der Waals surface area contributed by atoms with Gasteiger partial charge in [-0.25, -0.2) is 4.79 Å². The molecule has 1 heterocycles. The van der Waals surface area contributed by atoms with E-state index in [4.69, 9.17) is 4.74 Å². The second-order valence-electron chi connectivity index (χ2n) is 5.98. The highest BCUT2D eigenvalue weighted by Crippen LogP contribution is 2.16. The van der Waals surface area contributed by atoms with Crippen molar-refractivity contribution in [2.75, 3.05) is 7.11 Å². The van der Waals surface area contributed by atoms with E-state index >= 15 is 0 Å². The molecule has 1 atom stereocenters. The Balaban J connectivity index is 1.76. The number of benzene rings is 2. The van der Waals surface area contributed by atoms with Gasteiger partial charge >= 0.3 is 5.97 Å². The molecule has 0 unspecified atom stereocenters. The fourth-order valence-corrected chi connectivity index (χ4v) is 2.78. The predicted molar refractivity (Wildman–Crippen MR) is 105 cm³/mol. The van der Waals surface area contributed by atoms with E-state index in [1.54, 1.807) is 18.3 Å². The van der Waals surface area contributed by atoms with Crippen LogP contribution in [0.15, 0.2) is 72.9 Å². The summed E-state index contributed by atoms with van der Waals surface area (Å²) in [7, 11) is 1.31. The molecular weight excluding hydrogens is 340 g/mol. The van der Waals surface area contributed by atoms with E-state index in [0.29, 0.717) is 17.5 Å². The lowest BCUT2D eigenvalue weighted by molar-refractivity contribution is -0.142. The van der Waals surface area contributed by atoms with Crippen molar-refractivity contribution in [3.63, 3.8) is 0 Å². The third-order valence-electron chi connectivity index (χ3n) is 4.15. The summed E-state index contributed by atoms with van der Waals surface area (Å²) in [5, 5.41) is 3.62. The van der Waals surface area contributed by atoms with Gasteiger partial charge < -0.3 is 10.1 Å². The Morgan fingerprint density at radius 1 is 1.07 bits per heavy atom. The maximum absolute atomic E-state index is 12.7. The lowest BCUT2D eigenvalue weighted by Gasteiger charge is -2.15. The van der Waals surface area contributed by atoms with Crippen LogP contribution >= 0.6 is 0 Å². The summed E-state index contributed by atoms with van der Waals surface area (Å²) < 4.78 is 4.84. The van der Waals surface area contributed by atoms with Gasteiger partial charge in [-0.15, -0.1) is 0 Å². The number of aromatic nitrogens is 1. The van der Waals surface area contributed by atoms with Crippen LogP contribution in [0.4, 0.5) is 0 Å². The first-order valence-corrected chi connectivity index (χ1v) is 8.63. The molecule has 1 aromatic heterocycles. The van der Waals surface area contributed by atoms with Crippen LogP contribution in [0.2, 0.25) is 0 Å². The number of nitrogens with one attached hydrogen (secondary N) is 1. The van der Waals surface area contributed by atoms with Gasteiger partial charge in [0.25, 0.3) is 5.91 Å². The predicted octanol–water partition coefficient (Wildman–Crippen LogP) is 3.61. The van der Waals surface area contributed by atoms with Crippen molar-refractivity contribution in [3.05, 3.63) is 84.1 Å². The topological polar surface area (TPSA) is 68.3 Å². The highest BCUT2D eigenvalue weighted by molar-refractivity contribution is 6.06. The molecule has 27 heavy (non-hydrogen) atoms. The third-order valence-corrected chi connectivity index (χ3v) is 4.15. The molecule has 0 saturated heterocycles. The number of rotatable bonds is 6. The Hall–Kier alpha value is -3.47. The average molecular weight is 360 g/mol. The van der Waals surface area contributed by atoms with Gasteiger partial charge in [0.2, 0.25) is 0 Å². The minimum Gasteiger partial charge on any atom is -0.467 e. The molecule has 0 spiro atoms. The Bertz CT molecular complexity index is 962. The Kier molecular flexibility index (Phi) is 5.94. The zero-order chi connectivity index (χ0) is 19.1. The summed E-state index contributed by atoms with van der Waals surface area (Å²) in [6.07, 6.45) is 5.71. The SMILES string of the molecule is COC(=O)[C@@H](C/C=C/c1ccccc1)NC(=O)c1cccc2cccnc12. The number of hydrogen-bond donors (Lipinski definition) is 1. The first-order chi connectivity index (χ1) is 13.2. The zero-order valence-corrected chi connectivity index (χ0v) is 15.0. The van der Waals surface area contributed by atoms with Crippen LogP contribution in [0, 0.1) is 0 Å². The average Bonchev–Trinajstić information content (AvgIpc) is 2.72. The first-order valence-electron chi connectivity index (χ1n) is 8.63. The molecule has 5 nitrogen and oxygen atoms in total. The van der Waals surface area contributed by atoms with Crippen LogP contribution in [-0.4, -0.2) is 30.0 Å². The largest absolute Gasteiger partial charge is 0.467 e. The minimum atomic E-state index is -0.776. The van der Waals surface area contributed by atoms with Crippen molar-refractivity contribution in [1.82, 2.24) is 10.3 Å². The maximum Gasteiger partial charge on any atom is 0.328 e. The van der Waals surface area contributed by atoms with Gasteiger partial charge in [-0.3, -0.25) is 9.78 Å². The first kappa shape index (κ1) is 18.3. The van der Waals surface area contributed by atoms with E-state index in [1.165, 1.54) is 7.11 Å². The molecule has 0 aliphatic carbocycles. The second kappa shape index (κ2) is 8.76. The summed E-state index contributed by atoms with van der Waals surface area (Å²) in [4.78, 5) is 29.1. The van der Waals surface area contributed by atoms with Crippen LogP contribution < -0.4 is 5.32 Å². The highest BCUT2D eigenvalue weighted by atomic mass is 16.5. The number of esters is 1. The monoisotopic (exact) mass is 360 g/mol. The molecule has 1 N–H and O–H groups in total. The normalized spacial score (nSPS) is 12.0. The molecule has 3 rings (SSSR count). The van der Waals surface area contributed by atoms with Crippen molar-refractivity contribution >= 4 is 28.9 Å². The van der Waals surface area contributed by atoms with Crippen LogP contribution in [0.25, 0.3) is 17.0 Å². The van der Waals surface area contributed by atoms with Crippen LogP contribution in [-0.2, 0) is 9.53 Å². The van der Waals surface area contributed by atoms with Gasteiger partial charge in [-0.1, -0.05) is 60.7 Å². The van der Waals surface area contributed by atoms with Crippen molar-refractivity contribution < 1.29 is 14.3 Å². The molecular formula is C22H20N2O3. The molecule has 2 aromatic carbocycles. The van der Waals surface area contributed by atoms with Gasteiger partial charge in [-0.05, 0) is 24.1 Å². The number of para-hydroxylation sites is 1. The third kappa shape index (κ3) is 4.58. The van der Waals surface area contributed by atoms with E-state index < -0.39 is 12.0 Å². The molecule has 136 valence electrons. The van der Waals surface area contributed by atoms with Gasteiger partial charge in [0.1, 0.15) is 6.04 Å². The van der Waals surface area contributed by atoms with Crippen LogP contribution in [0.3, 0.4) is 0 Å². The quantitative estimate of drug-likeness (QED) is 0.682. The number of amides is 1. The smallest absolute Gasteiger partial charge is 0.328 e. The fourth-order valence-electron chi connectivity index (χ4n) is 2.78. The molecule has 0 fully saturated rings. The number of methoxy groups -OCH3 is 1. The number of fused-ring (bicyclic) bond motifs is 1. The number of carbonyl (C=O) groups is 2. The standard InChI is InChI=1S/C22H20N2O3/c1-27-22(26)19(14-5-10-16-8-3-2-4-9-16)24-21(25)18-13-6-11-17-12-7-15-23-20(17)18/h2-13,15,19H,14H2,1H3,(H,24,25)/b10-5+/t19-/m1/s1. The summed E-state index contributed by atoms with van der Waals surface area (Å²) in [5.41, 5.74) is 2.04. The van der Waals surface area contributed by atoms with Crippen molar-refractivity contribution in [3.8, 4) is 0 Å². The molecule has 0 bridgehead atoms. The lowest BCUT2D eigenvalue weighted by Crippen LogP contribution is -2.41. The van der Waals surface area contributed by atoms with Gasteiger partial charge in [0, 0.05) is 11.6 Å². The number of hydrogen-bond acceptors (Lipinski definition) is 4. The lowest BCUT2D eigenvalue weighted by atomic mass is 10.1. The van der Waals surface area contributed by atoms with Crippen molar-refractivity contribution in [1.29, 1.82) is 0 Å². The minimum absolute atomic E-state index is 0.325. The molecule has 0 radical (unpaired) electrons. The molecule has 5 heteroatoms. The molecule has 0 aliphatic rings. The van der Waals surface area contributed by atoms with Crippen molar-refractivity contribution in [2.45, 2.75) is 12.5 Å². The molecule has 0 saturated carbocycles. The summed E-state index contributed by atoms with van der Waals surface area (Å²) >= 11 is 0. The zero-order valence-electron chi connectivity index (χ0n) is 15.0. The van der Waals surface area contributed by atoms with Gasteiger partial charge in [0.05, 0.1) is 18.2 Å². The van der Waals surface area contributed by atoms with Crippen molar-refractivity contribution in [2.24, 2.45) is 0 Å². The Morgan fingerprint density at radius 3 is 2.63 bits per heavy atom. The van der Waals surface area contributed by atoms with Crippen LogP contribution in [0.5, 0.6) is 0 Å². The fraction of sp³-hybridized carbons (Fsp3) is 0.136. The number of nitrogens with zero attached hydrogens (tertiary/aromatic N) is 1. The number of carbonyl (C=O) groups excluding carboxylic acids is 2. The van der Waals surface area contributed by atoms with E-state index in [9.17, 15) is 9.59 Å². The molecule has 1 amide bonds. The Morgan fingerprint density at radius 2 is 1.85 bits per heavy atom. The van der Waals surface area contributed by atoms with Crippen LogP contribution in [0.1, 0.15) is 22.3 Å². The second-order valence-corrected chi connectivity index (χ2v) is 5.98. The highest BCUT2D eigenvalue weighted by Gasteiger charge is 2.22. The van der Waals surface area contributed by atoms with E-state index in [1.807, 2.05) is 60.7 Å². The summed E-state index contributed by atoms with van der Waals surface area (Å²) in [5.74, 6) is -0.850.